The number of benzene rings is 2. The monoisotopic (exact) mass is 257 g/mol. The molecule has 0 radical (unpaired) electrons. The average molecular weight is 257 g/mol. The van der Waals surface area contributed by atoms with Gasteiger partial charge in [-0.05, 0) is 24.0 Å². The molecule has 0 heterocycles. The molecule has 0 saturated carbocycles. The minimum Gasteiger partial charge on any atom is -0.388 e. The minimum atomic E-state index is -0.541. The summed E-state index contributed by atoms with van der Waals surface area (Å²) in [6.07, 6.45) is 0.614. The van der Waals surface area contributed by atoms with Gasteiger partial charge in [-0.3, -0.25) is 10.1 Å². The van der Waals surface area contributed by atoms with Gasteiger partial charge in [-0.2, -0.15) is 0 Å². The number of rotatable bonds is 5. The molecule has 0 aliphatic carbocycles. The van der Waals surface area contributed by atoms with E-state index >= 15 is 0 Å². The topological polar surface area (TPSA) is 63.4 Å². The zero-order valence-electron chi connectivity index (χ0n) is 10.4. The van der Waals surface area contributed by atoms with Crippen LogP contribution in [-0.4, -0.2) is 10.0 Å². The molecular weight excluding hydrogens is 242 g/mol. The maximum Gasteiger partial charge on any atom is 0.269 e. The highest BCUT2D eigenvalue weighted by Crippen LogP contribution is 2.20. The number of nitro benzene ring substituents is 1. The fraction of sp³-hybridized carbons (Fsp3) is 0.200. The summed E-state index contributed by atoms with van der Waals surface area (Å²) in [7, 11) is 0. The second-order valence-electron chi connectivity index (χ2n) is 4.39. The van der Waals surface area contributed by atoms with Gasteiger partial charge in [0.2, 0.25) is 0 Å². The van der Waals surface area contributed by atoms with Crippen LogP contribution in [0, 0.1) is 10.1 Å². The quantitative estimate of drug-likeness (QED) is 0.660. The summed E-state index contributed by atoms with van der Waals surface area (Å²) >= 11 is 0. The fourth-order valence-corrected chi connectivity index (χ4v) is 1.97. The van der Waals surface area contributed by atoms with E-state index in [1.165, 1.54) is 6.07 Å². The number of hydrogen-bond donors (Lipinski definition) is 1. The summed E-state index contributed by atoms with van der Waals surface area (Å²) in [5.41, 5.74) is 1.82. The van der Waals surface area contributed by atoms with E-state index in [0.29, 0.717) is 12.8 Å². The molecule has 0 spiro atoms. The number of aryl methyl sites for hydroxylation is 1. The Morgan fingerprint density at radius 3 is 2.53 bits per heavy atom. The van der Waals surface area contributed by atoms with Gasteiger partial charge in [-0.1, -0.05) is 42.5 Å². The standard InChI is InChI=1S/C15H15NO3/c17-15(13-6-2-1-3-7-13)10-9-12-5-4-8-14(11-12)16(18)19/h1-8,11,15,17H,9-10H2. The molecule has 0 aromatic heterocycles. The molecule has 2 aromatic carbocycles. The lowest BCUT2D eigenvalue weighted by Gasteiger charge is -2.10. The molecule has 19 heavy (non-hydrogen) atoms. The van der Waals surface area contributed by atoms with Crippen molar-refractivity contribution in [2.45, 2.75) is 18.9 Å². The molecule has 1 N–H and O–H groups in total. The van der Waals surface area contributed by atoms with Crippen LogP contribution in [0.4, 0.5) is 5.69 Å². The molecular formula is C15H15NO3. The Morgan fingerprint density at radius 2 is 1.84 bits per heavy atom. The number of nitrogens with zero attached hydrogens (tertiary/aromatic N) is 1. The van der Waals surface area contributed by atoms with Gasteiger partial charge >= 0.3 is 0 Å². The number of hydrogen-bond acceptors (Lipinski definition) is 3. The Balaban J connectivity index is 1.99. The zero-order chi connectivity index (χ0) is 13.7. The van der Waals surface area contributed by atoms with Crippen molar-refractivity contribution in [3.8, 4) is 0 Å². The molecule has 4 heteroatoms. The molecule has 1 atom stereocenters. The SMILES string of the molecule is O=[N+]([O-])c1cccc(CCC(O)c2ccccc2)c1. The predicted molar refractivity (Wildman–Crippen MR) is 72.8 cm³/mol. The molecule has 2 rings (SSSR count). The highest BCUT2D eigenvalue weighted by molar-refractivity contribution is 5.34. The van der Waals surface area contributed by atoms with Gasteiger partial charge in [0, 0.05) is 12.1 Å². The van der Waals surface area contributed by atoms with E-state index in [1.54, 1.807) is 12.1 Å². The number of aliphatic hydroxyl groups is 1. The molecule has 1 unspecified atom stereocenters. The Kier molecular flexibility index (Phi) is 4.26. The first-order valence-electron chi connectivity index (χ1n) is 6.13. The first kappa shape index (κ1) is 13.2. The third-order valence-corrected chi connectivity index (χ3v) is 3.01. The maximum atomic E-state index is 10.7. The van der Waals surface area contributed by atoms with E-state index in [9.17, 15) is 15.2 Å². The van der Waals surface area contributed by atoms with E-state index in [0.717, 1.165) is 11.1 Å². The summed E-state index contributed by atoms with van der Waals surface area (Å²) in [6.45, 7) is 0. The van der Waals surface area contributed by atoms with Gasteiger partial charge in [0.1, 0.15) is 0 Å². The number of non-ortho nitro benzene ring substituents is 1. The Labute approximate surface area is 111 Å². The third-order valence-electron chi connectivity index (χ3n) is 3.01. The normalized spacial score (nSPS) is 12.1. The number of aliphatic hydroxyl groups excluding tert-OH is 1. The summed E-state index contributed by atoms with van der Waals surface area (Å²) in [5, 5.41) is 20.7. The zero-order valence-corrected chi connectivity index (χ0v) is 10.4. The third kappa shape index (κ3) is 3.63. The van der Waals surface area contributed by atoms with Crippen LogP contribution in [0.1, 0.15) is 23.7 Å². The Bertz CT molecular complexity index is 554. The van der Waals surface area contributed by atoms with Gasteiger partial charge in [-0.25, -0.2) is 0 Å². The van der Waals surface area contributed by atoms with Crippen molar-refractivity contribution in [1.82, 2.24) is 0 Å². The van der Waals surface area contributed by atoms with Gasteiger partial charge in [0.15, 0.2) is 0 Å². The van der Waals surface area contributed by atoms with Gasteiger partial charge in [0.05, 0.1) is 11.0 Å². The van der Waals surface area contributed by atoms with E-state index in [4.69, 9.17) is 0 Å². The smallest absolute Gasteiger partial charge is 0.269 e. The van der Waals surface area contributed by atoms with E-state index in [-0.39, 0.29) is 5.69 Å². The molecule has 2 aromatic rings. The first-order chi connectivity index (χ1) is 9.16. The van der Waals surface area contributed by atoms with Gasteiger partial charge < -0.3 is 5.11 Å². The lowest BCUT2D eigenvalue weighted by atomic mass is 10.0. The van der Waals surface area contributed by atoms with Crippen molar-refractivity contribution >= 4 is 5.69 Å². The summed E-state index contributed by atoms with van der Waals surface area (Å²) in [6, 6.07) is 15.9. The van der Waals surface area contributed by atoms with Crippen molar-refractivity contribution in [3.63, 3.8) is 0 Å². The second kappa shape index (κ2) is 6.11. The number of nitro groups is 1. The largest absolute Gasteiger partial charge is 0.388 e. The molecule has 0 amide bonds. The fourth-order valence-electron chi connectivity index (χ4n) is 1.97. The van der Waals surface area contributed by atoms with Crippen LogP contribution in [-0.2, 0) is 6.42 Å². The van der Waals surface area contributed by atoms with Crippen molar-refractivity contribution in [2.75, 3.05) is 0 Å². The van der Waals surface area contributed by atoms with Gasteiger partial charge in [-0.15, -0.1) is 0 Å². The molecule has 98 valence electrons. The Morgan fingerprint density at radius 1 is 1.11 bits per heavy atom. The molecule has 0 aliphatic heterocycles. The molecule has 0 bridgehead atoms. The van der Waals surface area contributed by atoms with Crippen LogP contribution < -0.4 is 0 Å². The highest BCUT2D eigenvalue weighted by Gasteiger charge is 2.09. The minimum absolute atomic E-state index is 0.0895. The summed E-state index contributed by atoms with van der Waals surface area (Å²) < 4.78 is 0. The lowest BCUT2D eigenvalue weighted by molar-refractivity contribution is -0.384. The molecule has 0 saturated heterocycles. The predicted octanol–water partition coefficient (Wildman–Crippen LogP) is 3.26. The van der Waals surface area contributed by atoms with E-state index in [1.807, 2.05) is 36.4 Å². The van der Waals surface area contributed by atoms with Crippen molar-refractivity contribution in [1.29, 1.82) is 0 Å². The van der Waals surface area contributed by atoms with Crippen LogP contribution >= 0.6 is 0 Å². The summed E-state index contributed by atoms with van der Waals surface area (Å²) in [5.74, 6) is 0. The van der Waals surface area contributed by atoms with Crippen molar-refractivity contribution in [2.24, 2.45) is 0 Å². The molecule has 0 fully saturated rings. The molecule has 4 nitrogen and oxygen atoms in total. The average Bonchev–Trinajstić information content (AvgIpc) is 2.46. The van der Waals surface area contributed by atoms with Crippen LogP contribution in [0.5, 0.6) is 0 Å². The van der Waals surface area contributed by atoms with Crippen molar-refractivity contribution in [3.05, 3.63) is 75.8 Å². The van der Waals surface area contributed by atoms with Crippen LogP contribution in [0.15, 0.2) is 54.6 Å². The van der Waals surface area contributed by atoms with E-state index in [2.05, 4.69) is 0 Å². The van der Waals surface area contributed by atoms with E-state index < -0.39 is 11.0 Å². The molecule has 0 aliphatic rings. The first-order valence-corrected chi connectivity index (χ1v) is 6.13. The van der Waals surface area contributed by atoms with Crippen LogP contribution in [0.3, 0.4) is 0 Å². The summed E-state index contributed by atoms with van der Waals surface area (Å²) in [4.78, 5) is 10.3. The lowest BCUT2D eigenvalue weighted by Crippen LogP contribution is -1.99. The highest BCUT2D eigenvalue weighted by atomic mass is 16.6. The van der Waals surface area contributed by atoms with Gasteiger partial charge in [0.25, 0.3) is 5.69 Å². The Hall–Kier alpha value is -2.20. The van der Waals surface area contributed by atoms with Crippen LogP contribution in [0.2, 0.25) is 0 Å². The van der Waals surface area contributed by atoms with Crippen molar-refractivity contribution < 1.29 is 10.0 Å². The van der Waals surface area contributed by atoms with Crippen LogP contribution in [0.25, 0.3) is 0 Å². The second-order valence-corrected chi connectivity index (χ2v) is 4.39. The maximum absolute atomic E-state index is 10.7.